The van der Waals surface area contributed by atoms with Gasteiger partial charge in [0.25, 0.3) is 11.8 Å². The molecule has 34 heavy (non-hydrogen) atoms. The Balaban J connectivity index is 1.56. The monoisotopic (exact) mass is 620 g/mol. The first-order chi connectivity index (χ1) is 16.4. The zero-order chi connectivity index (χ0) is 24.2. The third-order valence-corrected chi connectivity index (χ3v) is 8.07. The van der Waals surface area contributed by atoms with Crippen LogP contribution in [0, 0.1) is 0 Å². The van der Waals surface area contributed by atoms with E-state index in [1.807, 2.05) is 36.4 Å². The third-order valence-electron chi connectivity index (χ3n) is 4.83. The fourth-order valence-electron chi connectivity index (χ4n) is 3.19. The van der Waals surface area contributed by atoms with Crippen molar-refractivity contribution >= 4 is 77.7 Å². The number of ether oxygens (including phenoxy) is 2. The van der Waals surface area contributed by atoms with Crippen LogP contribution >= 0.6 is 54.5 Å². The van der Waals surface area contributed by atoms with E-state index >= 15 is 0 Å². The lowest BCUT2D eigenvalue weighted by atomic mass is 10.0. The van der Waals surface area contributed by atoms with E-state index in [1.165, 1.54) is 22.7 Å². The largest absolute Gasteiger partial charge is 0.495 e. The molecule has 0 fully saturated rings. The fourth-order valence-corrected chi connectivity index (χ4v) is 5.75. The van der Waals surface area contributed by atoms with Crippen molar-refractivity contribution in [2.24, 2.45) is 0 Å². The lowest BCUT2D eigenvalue weighted by Crippen LogP contribution is -2.11. The van der Waals surface area contributed by atoms with Gasteiger partial charge in [-0.15, -0.1) is 22.7 Å². The molecule has 4 rings (SSSR count). The lowest BCUT2D eigenvalue weighted by Gasteiger charge is -2.14. The maximum absolute atomic E-state index is 12.5. The van der Waals surface area contributed by atoms with E-state index in [-0.39, 0.29) is 11.8 Å². The van der Waals surface area contributed by atoms with Gasteiger partial charge in [0, 0.05) is 0 Å². The van der Waals surface area contributed by atoms with Crippen LogP contribution in [-0.4, -0.2) is 26.0 Å². The highest BCUT2D eigenvalue weighted by Crippen LogP contribution is 2.36. The lowest BCUT2D eigenvalue weighted by molar-refractivity contribution is 0.102. The van der Waals surface area contributed by atoms with Crippen molar-refractivity contribution in [1.29, 1.82) is 0 Å². The van der Waals surface area contributed by atoms with Gasteiger partial charge in [0.2, 0.25) is 0 Å². The molecule has 0 aliphatic rings. The number of halogens is 2. The summed E-state index contributed by atoms with van der Waals surface area (Å²) >= 11 is 9.45. The predicted octanol–water partition coefficient (Wildman–Crippen LogP) is 7.52. The van der Waals surface area contributed by atoms with Crippen molar-refractivity contribution in [3.8, 4) is 22.6 Å². The predicted molar refractivity (Wildman–Crippen MR) is 145 cm³/mol. The molecule has 0 aliphatic carbocycles. The maximum Gasteiger partial charge on any atom is 0.265 e. The quantitative estimate of drug-likeness (QED) is 0.224. The SMILES string of the molecule is COc1cc(-c2ccc(NC(=O)c3ccc(Br)s3)c(OC)c2)ccc1NC(=O)c1ccc(Br)s1. The number of hydrogen-bond acceptors (Lipinski definition) is 6. The maximum atomic E-state index is 12.5. The van der Waals surface area contributed by atoms with Crippen LogP contribution in [0.5, 0.6) is 11.5 Å². The van der Waals surface area contributed by atoms with E-state index in [4.69, 9.17) is 9.47 Å². The van der Waals surface area contributed by atoms with Crippen LogP contribution in [0.25, 0.3) is 11.1 Å². The van der Waals surface area contributed by atoms with Crippen molar-refractivity contribution in [2.75, 3.05) is 24.9 Å². The summed E-state index contributed by atoms with van der Waals surface area (Å²) < 4.78 is 12.8. The highest BCUT2D eigenvalue weighted by atomic mass is 79.9. The molecule has 0 saturated carbocycles. The molecule has 0 unspecified atom stereocenters. The standard InChI is InChI=1S/C24H18Br2N2O4S2/c1-31-17-11-13(3-5-15(17)27-23(29)19-7-9-21(25)33-19)14-4-6-16(18(12-14)32-2)28-24(30)20-8-10-22(26)34-20/h3-12H,1-2H3,(H,27,29)(H,28,30). The molecule has 0 spiro atoms. The molecule has 2 amide bonds. The van der Waals surface area contributed by atoms with Crippen LogP contribution in [0.4, 0.5) is 11.4 Å². The number of carbonyl (C=O) groups is 2. The molecule has 2 aromatic heterocycles. The molecule has 174 valence electrons. The summed E-state index contributed by atoms with van der Waals surface area (Å²) in [6.45, 7) is 0. The molecule has 6 nitrogen and oxygen atoms in total. The summed E-state index contributed by atoms with van der Waals surface area (Å²) in [4.78, 5) is 26.3. The Hall–Kier alpha value is -2.66. The van der Waals surface area contributed by atoms with E-state index in [9.17, 15) is 9.59 Å². The van der Waals surface area contributed by atoms with Gasteiger partial charge >= 0.3 is 0 Å². The number of benzene rings is 2. The Morgan fingerprint density at radius 3 is 1.41 bits per heavy atom. The van der Waals surface area contributed by atoms with E-state index in [2.05, 4.69) is 42.5 Å². The molecule has 4 aromatic rings. The summed E-state index contributed by atoms with van der Waals surface area (Å²) in [6, 6.07) is 18.2. The summed E-state index contributed by atoms with van der Waals surface area (Å²) in [5.74, 6) is 0.643. The van der Waals surface area contributed by atoms with Crippen LogP contribution in [0.1, 0.15) is 19.3 Å². The average Bonchev–Trinajstić information content (AvgIpc) is 3.48. The zero-order valence-electron chi connectivity index (χ0n) is 18.0. The van der Waals surface area contributed by atoms with Crippen LogP contribution < -0.4 is 20.1 Å². The zero-order valence-corrected chi connectivity index (χ0v) is 22.8. The molecule has 2 N–H and O–H groups in total. The number of anilines is 2. The Morgan fingerprint density at radius 1 is 0.676 bits per heavy atom. The van der Waals surface area contributed by atoms with Gasteiger partial charge in [-0.05, 0) is 91.5 Å². The number of thiophene rings is 2. The summed E-state index contributed by atoms with van der Waals surface area (Å²) in [6.07, 6.45) is 0. The van der Waals surface area contributed by atoms with Crippen molar-refractivity contribution < 1.29 is 19.1 Å². The first kappa shape index (κ1) is 24.5. The molecule has 0 aliphatic heterocycles. The van der Waals surface area contributed by atoms with Gasteiger partial charge in [-0.25, -0.2) is 0 Å². The van der Waals surface area contributed by atoms with Gasteiger partial charge in [-0.3, -0.25) is 9.59 Å². The van der Waals surface area contributed by atoms with Crippen molar-refractivity contribution in [3.05, 3.63) is 78.0 Å². The second-order valence-electron chi connectivity index (χ2n) is 6.95. The van der Waals surface area contributed by atoms with Gasteiger partial charge in [-0.2, -0.15) is 0 Å². The Kier molecular flexibility index (Phi) is 7.72. The molecular formula is C24H18Br2N2O4S2. The highest BCUT2D eigenvalue weighted by Gasteiger charge is 2.15. The molecule has 2 heterocycles. The van der Waals surface area contributed by atoms with E-state index in [0.29, 0.717) is 32.6 Å². The molecule has 10 heteroatoms. The van der Waals surface area contributed by atoms with Gasteiger partial charge in [0.15, 0.2) is 0 Å². The molecule has 0 atom stereocenters. The molecule has 0 saturated heterocycles. The van der Waals surface area contributed by atoms with Crippen LogP contribution in [0.15, 0.2) is 68.2 Å². The van der Waals surface area contributed by atoms with Gasteiger partial charge in [0.1, 0.15) is 11.5 Å². The smallest absolute Gasteiger partial charge is 0.265 e. The normalized spacial score (nSPS) is 10.6. The van der Waals surface area contributed by atoms with Crippen molar-refractivity contribution in [3.63, 3.8) is 0 Å². The summed E-state index contributed by atoms with van der Waals surface area (Å²) in [5.41, 5.74) is 2.87. The first-order valence-electron chi connectivity index (χ1n) is 9.87. The molecule has 0 radical (unpaired) electrons. The molecular weight excluding hydrogens is 604 g/mol. The van der Waals surface area contributed by atoms with E-state index < -0.39 is 0 Å². The second kappa shape index (κ2) is 10.7. The van der Waals surface area contributed by atoms with Gasteiger partial charge in [-0.1, -0.05) is 12.1 Å². The number of rotatable bonds is 7. The van der Waals surface area contributed by atoms with Gasteiger partial charge < -0.3 is 20.1 Å². The number of carbonyl (C=O) groups excluding carboxylic acids is 2. The first-order valence-corrected chi connectivity index (χ1v) is 13.1. The average molecular weight is 622 g/mol. The Bertz CT molecular complexity index is 1260. The minimum Gasteiger partial charge on any atom is -0.495 e. The fraction of sp³-hybridized carbons (Fsp3) is 0.0833. The molecule has 0 bridgehead atoms. The van der Waals surface area contributed by atoms with Crippen molar-refractivity contribution in [1.82, 2.24) is 0 Å². The van der Waals surface area contributed by atoms with Crippen LogP contribution in [0.2, 0.25) is 0 Å². The number of nitrogens with one attached hydrogen (secondary N) is 2. The topological polar surface area (TPSA) is 76.7 Å². The second-order valence-corrected chi connectivity index (χ2v) is 11.9. The van der Waals surface area contributed by atoms with Gasteiger partial charge in [0.05, 0.1) is 42.9 Å². The number of amides is 2. The minimum absolute atomic E-state index is 0.207. The van der Waals surface area contributed by atoms with E-state index in [0.717, 1.165) is 18.7 Å². The summed E-state index contributed by atoms with van der Waals surface area (Å²) in [5, 5.41) is 5.78. The Labute approximate surface area is 221 Å². The third kappa shape index (κ3) is 5.52. The van der Waals surface area contributed by atoms with Crippen molar-refractivity contribution in [2.45, 2.75) is 0 Å². The number of hydrogen-bond donors (Lipinski definition) is 2. The Morgan fingerprint density at radius 2 is 1.09 bits per heavy atom. The van der Waals surface area contributed by atoms with Crippen LogP contribution in [0.3, 0.4) is 0 Å². The van der Waals surface area contributed by atoms with Crippen LogP contribution in [-0.2, 0) is 0 Å². The summed E-state index contributed by atoms with van der Waals surface area (Å²) in [7, 11) is 3.11. The molecule has 2 aromatic carbocycles. The minimum atomic E-state index is -0.207. The highest BCUT2D eigenvalue weighted by molar-refractivity contribution is 9.11. The number of methoxy groups -OCH3 is 2. The van der Waals surface area contributed by atoms with E-state index in [1.54, 1.807) is 38.5 Å².